The van der Waals surface area contributed by atoms with Gasteiger partial charge in [-0.25, -0.2) is 0 Å². The van der Waals surface area contributed by atoms with Crippen LogP contribution < -0.4 is 0 Å². The van der Waals surface area contributed by atoms with Crippen molar-refractivity contribution in [3.8, 4) is 22.3 Å². The summed E-state index contributed by atoms with van der Waals surface area (Å²) in [6, 6.07) is 28.1. The molecule has 0 heteroatoms. The van der Waals surface area contributed by atoms with Crippen LogP contribution in [0.25, 0.3) is 22.3 Å². The van der Waals surface area contributed by atoms with E-state index in [2.05, 4.69) is 79.7 Å². The van der Waals surface area contributed by atoms with Crippen LogP contribution >= 0.6 is 0 Å². The molecule has 0 unspecified atom stereocenters. The molecule has 20 heavy (non-hydrogen) atoms. The number of aryl methyl sites for hydroxylation is 1. The van der Waals surface area contributed by atoms with Crippen LogP contribution in [-0.4, -0.2) is 0 Å². The van der Waals surface area contributed by atoms with Gasteiger partial charge in [0, 0.05) is 0 Å². The molecule has 0 spiro atoms. The van der Waals surface area contributed by atoms with Crippen molar-refractivity contribution < 1.29 is 0 Å². The minimum atomic E-state index is 1.09. The topological polar surface area (TPSA) is 0 Å². The van der Waals surface area contributed by atoms with Crippen LogP contribution in [-0.2, 0) is 6.42 Å². The summed E-state index contributed by atoms with van der Waals surface area (Å²) >= 11 is 0. The van der Waals surface area contributed by atoms with Crippen LogP contribution in [0.2, 0.25) is 0 Å². The summed E-state index contributed by atoms with van der Waals surface area (Å²) in [4.78, 5) is 0. The molecule has 0 heterocycles. The fourth-order valence-electron chi connectivity index (χ4n) is 2.42. The molecule has 0 aromatic heterocycles. The molecule has 98 valence electrons. The van der Waals surface area contributed by atoms with E-state index in [1.165, 1.54) is 27.8 Å². The first kappa shape index (κ1) is 12.7. The fraction of sp³-hybridized carbons (Fsp3) is 0.100. The van der Waals surface area contributed by atoms with Gasteiger partial charge in [-0.05, 0) is 34.2 Å². The molecular formula is C20H18. The molecule has 0 bridgehead atoms. The van der Waals surface area contributed by atoms with Gasteiger partial charge in [0.1, 0.15) is 0 Å². The van der Waals surface area contributed by atoms with Crippen molar-refractivity contribution >= 4 is 0 Å². The quantitative estimate of drug-likeness (QED) is 0.575. The van der Waals surface area contributed by atoms with Gasteiger partial charge in [0.25, 0.3) is 0 Å². The summed E-state index contributed by atoms with van der Waals surface area (Å²) in [6.45, 7) is 2.18. The zero-order chi connectivity index (χ0) is 13.8. The predicted molar refractivity (Wildman–Crippen MR) is 86.7 cm³/mol. The first-order valence-electron chi connectivity index (χ1n) is 7.11. The molecule has 0 aliphatic heterocycles. The number of rotatable bonds is 3. The third-order valence-corrected chi connectivity index (χ3v) is 3.69. The van der Waals surface area contributed by atoms with Gasteiger partial charge in [-0.1, -0.05) is 85.8 Å². The van der Waals surface area contributed by atoms with Crippen molar-refractivity contribution in [1.29, 1.82) is 0 Å². The van der Waals surface area contributed by atoms with Crippen molar-refractivity contribution in [3.63, 3.8) is 0 Å². The highest BCUT2D eigenvalue weighted by atomic mass is 14.0. The van der Waals surface area contributed by atoms with Crippen molar-refractivity contribution in [2.24, 2.45) is 0 Å². The Bertz CT molecular complexity index is 661. The van der Waals surface area contributed by atoms with Crippen molar-refractivity contribution in [3.05, 3.63) is 84.4 Å². The summed E-state index contributed by atoms with van der Waals surface area (Å²) in [5.74, 6) is 0. The second-order valence-corrected chi connectivity index (χ2v) is 4.99. The number of benzene rings is 3. The van der Waals surface area contributed by atoms with Crippen molar-refractivity contribution in [1.82, 2.24) is 0 Å². The van der Waals surface area contributed by atoms with E-state index in [1.807, 2.05) is 6.07 Å². The minimum absolute atomic E-state index is 1.09. The second kappa shape index (κ2) is 5.75. The maximum atomic E-state index is 2.21. The number of hydrogen-bond donors (Lipinski definition) is 0. The zero-order valence-corrected chi connectivity index (χ0v) is 11.7. The molecule has 0 nitrogen and oxygen atoms in total. The van der Waals surface area contributed by atoms with Gasteiger partial charge in [-0.3, -0.25) is 0 Å². The van der Waals surface area contributed by atoms with E-state index in [-0.39, 0.29) is 0 Å². The van der Waals surface area contributed by atoms with Gasteiger partial charge in [-0.2, -0.15) is 0 Å². The van der Waals surface area contributed by atoms with Crippen molar-refractivity contribution in [2.75, 3.05) is 0 Å². The molecule has 3 aromatic rings. The largest absolute Gasteiger partial charge is 0.0622 e. The van der Waals surface area contributed by atoms with Crippen LogP contribution in [0.5, 0.6) is 0 Å². The van der Waals surface area contributed by atoms with Gasteiger partial charge < -0.3 is 0 Å². The smallest absolute Gasteiger partial charge is 0.0184 e. The standard InChI is InChI=1S/C20H18/c1-2-16-8-10-18(11-9-16)20-14-12-19(13-15-20)17-6-4-3-5-7-17/h3-15H,2H2,1H3. The van der Waals surface area contributed by atoms with Crippen LogP contribution in [0, 0.1) is 0 Å². The molecule has 0 aliphatic rings. The van der Waals surface area contributed by atoms with E-state index < -0.39 is 0 Å². The zero-order valence-electron chi connectivity index (χ0n) is 11.7. The molecule has 0 saturated carbocycles. The van der Waals surface area contributed by atoms with Crippen LogP contribution in [0.4, 0.5) is 0 Å². The second-order valence-electron chi connectivity index (χ2n) is 4.99. The molecule has 3 aromatic carbocycles. The van der Waals surface area contributed by atoms with E-state index in [1.54, 1.807) is 0 Å². The maximum absolute atomic E-state index is 2.21. The van der Waals surface area contributed by atoms with E-state index >= 15 is 0 Å². The lowest BCUT2D eigenvalue weighted by Crippen LogP contribution is -1.82. The molecule has 0 radical (unpaired) electrons. The Morgan fingerprint density at radius 1 is 0.500 bits per heavy atom. The SMILES string of the molecule is CCc1ccc(-c2ccc(-c3ccccc3)cc2)cc1. The summed E-state index contributed by atoms with van der Waals surface area (Å²) < 4.78 is 0. The summed E-state index contributed by atoms with van der Waals surface area (Å²) in [7, 11) is 0. The first-order valence-corrected chi connectivity index (χ1v) is 7.11. The molecule has 0 saturated heterocycles. The normalized spacial score (nSPS) is 10.4. The predicted octanol–water partition coefficient (Wildman–Crippen LogP) is 5.58. The van der Waals surface area contributed by atoms with Crippen LogP contribution in [0.3, 0.4) is 0 Å². The Hall–Kier alpha value is -2.34. The van der Waals surface area contributed by atoms with Gasteiger partial charge in [0.2, 0.25) is 0 Å². The molecule has 0 N–H and O–H groups in total. The molecule has 0 aliphatic carbocycles. The number of hydrogen-bond acceptors (Lipinski definition) is 0. The molecule has 3 rings (SSSR count). The molecule has 0 fully saturated rings. The van der Waals surface area contributed by atoms with Crippen LogP contribution in [0.15, 0.2) is 78.9 Å². The third kappa shape index (κ3) is 2.65. The summed E-state index contributed by atoms with van der Waals surface area (Å²) in [6.07, 6.45) is 1.09. The Balaban J connectivity index is 1.89. The molecular weight excluding hydrogens is 240 g/mol. The third-order valence-electron chi connectivity index (χ3n) is 3.69. The van der Waals surface area contributed by atoms with Crippen molar-refractivity contribution in [2.45, 2.75) is 13.3 Å². The Kier molecular flexibility index (Phi) is 3.64. The monoisotopic (exact) mass is 258 g/mol. The van der Waals surface area contributed by atoms with Crippen LogP contribution in [0.1, 0.15) is 12.5 Å². The molecule has 0 atom stereocenters. The van der Waals surface area contributed by atoms with E-state index in [9.17, 15) is 0 Å². The highest BCUT2D eigenvalue weighted by Crippen LogP contribution is 2.25. The molecule has 0 amide bonds. The average Bonchev–Trinajstić information content (AvgIpc) is 2.56. The highest BCUT2D eigenvalue weighted by molar-refractivity contribution is 5.70. The minimum Gasteiger partial charge on any atom is -0.0622 e. The Labute approximate surface area is 120 Å². The fourth-order valence-corrected chi connectivity index (χ4v) is 2.42. The van der Waals surface area contributed by atoms with E-state index in [0.29, 0.717) is 0 Å². The lowest BCUT2D eigenvalue weighted by molar-refractivity contribution is 1.14. The Morgan fingerprint density at radius 3 is 1.35 bits per heavy atom. The maximum Gasteiger partial charge on any atom is -0.0184 e. The average molecular weight is 258 g/mol. The summed E-state index contributed by atoms with van der Waals surface area (Å²) in [5.41, 5.74) is 6.46. The Morgan fingerprint density at radius 2 is 0.900 bits per heavy atom. The van der Waals surface area contributed by atoms with Gasteiger partial charge in [0.15, 0.2) is 0 Å². The van der Waals surface area contributed by atoms with E-state index in [4.69, 9.17) is 0 Å². The van der Waals surface area contributed by atoms with Gasteiger partial charge in [-0.15, -0.1) is 0 Å². The van der Waals surface area contributed by atoms with Gasteiger partial charge in [0.05, 0.1) is 0 Å². The van der Waals surface area contributed by atoms with Gasteiger partial charge >= 0.3 is 0 Å². The van der Waals surface area contributed by atoms with E-state index in [0.717, 1.165) is 6.42 Å². The first-order chi connectivity index (χ1) is 9.86. The lowest BCUT2D eigenvalue weighted by Gasteiger charge is -2.06. The lowest BCUT2D eigenvalue weighted by atomic mass is 9.99. The highest BCUT2D eigenvalue weighted by Gasteiger charge is 2.00. The summed E-state index contributed by atoms with van der Waals surface area (Å²) in [5, 5.41) is 0.